The van der Waals surface area contributed by atoms with Gasteiger partial charge in [-0.1, -0.05) is 27.7 Å². The Morgan fingerprint density at radius 3 is 2.79 bits per heavy atom. The van der Waals surface area contributed by atoms with E-state index in [0.29, 0.717) is 12.0 Å². The molecule has 3 nitrogen and oxygen atoms in total. The summed E-state index contributed by atoms with van der Waals surface area (Å²) < 4.78 is 2.20. The molecule has 3 unspecified atom stereocenters. The van der Waals surface area contributed by atoms with Crippen molar-refractivity contribution in [3.8, 4) is 0 Å². The molecule has 1 aliphatic carbocycles. The zero-order valence-corrected chi connectivity index (χ0v) is 12.9. The SMILES string of the molecule is CC(C)CNCc1cnn(C2CCC(C)C(C)C2)c1. The van der Waals surface area contributed by atoms with Crippen LogP contribution in [0.5, 0.6) is 0 Å². The molecule has 1 heterocycles. The number of nitrogens with one attached hydrogen (secondary N) is 1. The highest BCUT2D eigenvalue weighted by Gasteiger charge is 2.25. The van der Waals surface area contributed by atoms with Gasteiger partial charge in [0, 0.05) is 18.3 Å². The van der Waals surface area contributed by atoms with E-state index in [1.165, 1.54) is 24.8 Å². The fraction of sp³-hybridized carbons (Fsp3) is 0.812. The van der Waals surface area contributed by atoms with Crippen molar-refractivity contribution in [2.75, 3.05) is 6.54 Å². The first kappa shape index (κ1) is 14.6. The van der Waals surface area contributed by atoms with Gasteiger partial charge in [0.1, 0.15) is 0 Å². The van der Waals surface area contributed by atoms with Gasteiger partial charge >= 0.3 is 0 Å². The Balaban J connectivity index is 1.86. The van der Waals surface area contributed by atoms with E-state index in [9.17, 15) is 0 Å². The molecule has 1 aliphatic rings. The smallest absolute Gasteiger partial charge is 0.0534 e. The van der Waals surface area contributed by atoms with Crippen LogP contribution in [0.1, 0.15) is 58.6 Å². The molecule has 0 bridgehead atoms. The van der Waals surface area contributed by atoms with Crippen molar-refractivity contribution in [2.24, 2.45) is 17.8 Å². The van der Waals surface area contributed by atoms with Crippen LogP contribution in [-0.4, -0.2) is 16.3 Å². The summed E-state index contributed by atoms with van der Waals surface area (Å²) in [4.78, 5) is 0. The number of nitrogens with zero attached hydrogens (tertiary/aromatic N) is 2. The molecule has 1 aromatic rings. The van der Waals surface area contributed by atoms with Crippen molar-refractivity contribution in [1.29, 1.82) is 0 Å². The van der Waals surface area contributed by atoms with Gasteiger partial charge in [-0.15, -0.1) is 0 Å². The fourth-order valence-electron chi connectivity index (χ4n) is 2.93. The molecule has 1 aromatic heterocycles. The molecule has 1 fully saturated rings. The lowest BCUT2D eigenvalue weighted by atomic mass is 9.79. The average molecular weight is 263 g/mol. The quantitative estimate of drug-likeness (QED) is 0.879. The Kier molecular flexibility index (Phi) is 5.03. The molecular weight excluding hydrogens is 234 g/mol. The summed E-state index contributed by atoms with van der Waals surface area (Å²) in [6, 6.07) is 0.616. The molecule has 0 saturated heterocycles. The Bertz CT molecular complexity index is 383. The summed E-state index contributed by atoms with van der Waals surface area (Å²) in [5.41, 5.74) is 1.31. The molecule has 1 N–H and O–H groups in total. The molecule has 0 aromatic carbocycles. The fourth-order valence-corrected chi connectivity index (χ4v) is 2.93. The molecule has 2 rings (SSSR count). The van der Waals surface area contributed by atoms with Crippen molar-refractivity contribution in [2.45, 2.75) is 59.5 Å². The largest absolute Gasteiger partial charge is 0.312 e. The number of aromatic nitrogens is 2. The molecular formula is C16H29N3. The summed E-state index contributed by atoms with van der Waals surface area (Å²) in [6.07, 6.45) is 8.16. The monoisotopic (exact) mass is 263 g/mol. The molecule has 1 saturated carbocycles. The molecule has 0 radical (unpaired) electrons. The number of rotatable bonds is 5. The van der Waals surface area contributed by atoms with E-state index in [-0.39, 0.29) is 0 Å². The zero-order chi connectivity index (χ0) is 13.8. The van der Waals surface area contributed by atoms with Gasteiger partial charge in [-0.25, -0.2) is 0 Å². The minimum absolute atomic E-state index is 0.616. The van der Waals surface area contributed by atoms with Crippen molar-refractivity contribution >= 4 is 0 Å². The van der Waals surface area contributed by atoms with Gasteiger partial charge in [0.25, 0.3) is 0 Å². The molecule has 0 aliphatic heterocycles. The van der Waals surface area contributed by atoms with Gasteiger partial charge in [0.05, 0.1) is 12.2 Å². The van der Waals surface area contributed by atoms with Crippen LogP contribution in [0.25, 0.3) is 0 Å². The summed E-state index contributed by atoms with van der Waals surface area (Å²) in [5, 5.41) is 8.05. The lowest BCUT2D eigenvalue weighted by Gasteiger charge is -2.32. The maximum Gasteiger partial charge on any atom is 0.0534 e. The van der Waals surface area contributed by atoms with Crippen molar-refractivity contribution < 1.29 is 0 Å². The normalized spacial score (nSPS) is 27.9. The molecule has 0 spiro atoms. The first-order valence-corrected chi connectivity index (χ1v) is 7.80. The second kappa shape index (κ2) is 6.56. The van der Waals surface area contributed by atoms with Crippen molar-refractivity contribution in [3.63, 3.8) is 0 Å². The minimum atomic E-state index is 0.616. The van der Waals surface area contributed by atoms with Crippen LogP contribution in [0.15, 0.2) is 12.4 Å². The zero-order valence-electron chi connectivity index (χ0n) is 12.9. The van der Waals surface area contributed by atoms with E-state index in [4.69, 9.17) is 0 Å². The average Bonchev–Trinajstić information content (AvgIpc) is 2.81. The summed E-state index contributed by atoms with van der Waals surface area (Å²) >= 11 is 0. The first-order valence-electron chi connectivity index (χ1n) is 7.80. The Morgan fingerprint density at radius 1 is 1.32 bits per heavy atom. The van der Waals surface area contributed by atoms with Crippen LogP contribution in [-0.2, 0) is 6.54 Å². The summed E-state index contributed by atoms with van der Waals surface area (Å²) in [7, 11) is 0. The van der Waals surface area contributed by atoms with E-state index < -0.39 is 0 Å². The van der Waals surface area contributed by atoms with Gasteiger partial charge in [-0.05, 0) is 43.6 Å². The third-order valence-corrected chi connectivity index (χ3v) is 4.48. The number of hydrogen-bond donors (Lipinski definition) is 1. The third kappa shape index (κ3) is 4.07. The van der Waals surface area contributed by atoms with E-state index >= 15 is 0 Å². The van der Waals surface area contributed by atoms with Crippen LogP contribution < -0.4 is 5.32 Å². The predicted octanol–water partition coefficient (Wildman–Crippen LogP) is 3.63. The standard InChI is InChI=1S/C16H29N3/c1-12(2)8-17-9-15-10-18-19(11-15)16-6-5-13(3)14(4)7-16/h10-14,16-17H,5-9H2,1-4H3. The lowest BCUT2D eigenvalue weighted by molar-refractivity contribution is 0.201. The Morgan fingerprint density at radius 2 is 2.11 bits per heavy atom. The highest BCUT2D eigenvalue weighted by atomic mass is 15.3. The van der Waals surface area contributed by atoms with Gasteiger partial charge in [0.2, 0.25) is 0 Å². The summed E-state index contributed by atoms with van der Waals surface area (Å²) in [6.45, 7) is 11.2. The van der Waals surface area contributed by atoms with Gasteiger partial charge in [-0.3, -0.25) is 4.68 Å². The van der Waals surface area contributed by atoms with Crippen LogP contribution in [0, 0.1) is 17.8 Å². The lowest BCUT2D eigenvalue weighted by Crippen LogP contribution is -2.23. The first-order chi connectivity index (χ1) is 9.06. The molecule has 108 valence electrons. The van der Waals surface area contributed by atoms with Gasteiger partial charge in [0.15, 0.2) is 0 Å². The Hall–Kier alpha value is -0.830. The molecule has 3 heteroatoms. The second-order valence-electron chi connectivity index (χ2n) is 6.77. The van der Waals surface area contributed by atoms with E-state index in [2.05, 4.69) is 49.0 Å². The van der Waals surface area contributed by atoms with E-state index in [0.717, 1.165) is 24.9 Å². The van der Waals surface area contributed by atoms with Crippen LogP contribution in [0.4, 0.5) is 0 Å². The van der Waals surface area contributed by atoms with Crippen molar-refractivity contribution in [3.05, 3.63) is 18.0 Å². The van der Waals surface area contributed by atoms with Gasteiger partial charge < -0.3 is 5.32 Å². The van der Waals surface area contributed by atoms with Crippen LogP contribution >= 0.6 is 0 Å². The third-order valence-electron chi connectivity index (χ3n) is 4.48. The van der Waals surface area contributed by atoms with E-state index in [1.807, 2.05) is 6.20 Å². The van der Waals surface area contributed by atoms with Crippen LogP contribution in [0.3, 0.4) is 0 Å². The molecule has 19 heavy (non-hydrogen) atoms. The topological polar surface area (TPSA) is 29.9 Å². The maximum atomic E-state index is 4.57. The summed E-state index contributed by atoms with van der Waals surface area (Å²) in [5.74, 6) is 2.40. The number of hydrogen-bond acceptors (Lipinski definition) is 2. The van der Waals surface area contributed by atoms with E-state index in [1.54, 1.807) is 0 Å². The highest BCUT2D eigenvalue weighted by Crippen LogP contribution is 2.35. The highest BCUT2D eigenvalue weighted by molar-refractivity contribution is 5.04. The molecule has 3 atom stereocenters. The minimum Gasteiger partial charge on any atom is -0.312 e. The second-order valence-corrected chi connectivity index (χ2v) is 6.77. The van der Waals surface area contributed by atoms with Crippen LogP contribution in [0.2, 0.25) is 0 Å². The maximum absolute atomic E-state index is 4.57. The predicted molar refractivity (Wildman–Crippen MR) is 80.0 cm³/mol. The Labute approximate surface area is 117 Å². The van der Waals surface area contributed by atoms with Gasteiger partial charge in [-0.2, -0.15) is 5.10 Å². The molecule has 0 amide bonds. The van der Waals surface area contributed by atoms with Crippen molar-refractivity contribution in [1.82, 2.24) is 15.1 Å².